The second-order valence-electron chi connectivity index (χ2n) is 4.25. The van der Waals surface area contributed by atoms with Crippen molar-refractivity contribution in [3.05, 3.63) is 63.6 Å². The van der Waals surface area contributed by atoms with Gasteiger partial charge in [-0.3, -0.25) is 14.8 Å². The number of halogens is 1. The molecule has 0 atom stereocenters. The fourth-order valence-corrected chi connectivity index (χ4v) is 2.17. The molecule has 0 amide bonds. The van der Waals surface area contributed by atoms with E-state index in [9.17, 15) is 10.1 Å². The second kappa shape index (κ2) is 4.90. The fraction of sp³-hybridized carbons (Fsp3) is 0.0769. The molecule has 0 N–H and O–H groups in total. The minimum Gasteiger partial charge on any atom is -0.259 e. The highest BCUT2D eigenvalue weighted by atomic mass is 35.5. The van der Waals surface area contributed by atoms with E-state index < -0.39 is 4.92 Å². The van der Waals surface area contributed by atoms with Crippen LogP contribution in [0.25, 0.3) is 10.9 Å². The highest BCUT2D eigenvalue weighted by molar-refractivity contribution is 6.29. The van der Waals surface area contributed by atoms with Gasteiger partial charge in [0.05, 0.1) is 28.9 Å². The third-order valence-electron chi connectivity index (χ3n) is 2.92. The van der Waals surface area contributed by atoms with E-state index in [-0.39, 0.29) is 5.69 Å². The van der Waals surface area contributed by atoms with Crippen LogP contribution in [-0.2, 0) is 6.54 Å². The summed E-state index contributed by atoms with van der Waals surface area (Å²) >= 11 is 5.84. The molecule has 20 heavy (non-hydrogen) atoms. The van der Waals surface area contributed by atoms with Gasteiger partial charge in [-0.15, -0.1) is 0 Å². The monoisotopic (exact) mass is 288 g/mol. The number of aromatic nitrogens is 3. The van der Waals surface area contributed by atoms with Crippen LogP contribution in [0.2, 0.25) is 5.15 Å². The summed E-state index contributed by atoms with van der Waals surface area (Å²) in [5.41, 5.74) is 1.48. The summed E-state index contributed by atoms with van der Waals surface area (Å²) in [5, 5.41) is 16.3. The van der Waals surface area contributed by atoms with Gasteiger partial charge in [0.1, 0.15) is 5.15 Å². The first-order valence-corrected chi connectivity index (χ1v) is 6.23. The van der Waals surface area contributed by atoms with Crippen LogP contribution < -0.4 is 0 Å². The van der Waals surface area contributed by atoms with Gasteiger partial charge in [0.2, 0.25) is 0 Å². The number of rotatable bonds is 3. The number of hydrogen-bond donors (Lipinski definition) is 0. The lowest BCUT2D eigenvalue weighted by atomic mass is 10.2. The van der Waals surface area contributed by atoms with E-state index in [2.05, 4.69) is 10.1 Å². The highest BCUT2D eigenvalue weighted by Gasteiger charge is 2.10. The van der Waals surface area contributed by atoms with Crippen molar-refractivity contribution in [3.8, 4) is 0 Å². The Hall–Kier alpha value is -2.47. The molecule has 1 aromatic carbocycles. The van der Waals surface area contributed by atoms with Crippen LogP contribution in [0.15, 0.2) is 42.6 Å². The van der Waals surface area contributed by atoms with E-state index in [4.69, 9.17) is 11.6 Å². The topological polar surface area (TPSA) is 73.8 Å². The Balaban J connectivity index is 2.03. The van der Waals surface area contributed by atoms with Crippen molar-refractivity contribution in [2.24, 2.45) is 0 Å². The van der Waals surface area contributed by atoms with Gasteiger partial charge in [-0.1, -0.05) is 17.7 Å². The quantitative estimate of drug-likeness (QED) is 0.422. The van der Waals surface area contributed by atoms with Crippen molar-refractivity contribution in [1.82, 2.24) is 14.8 Å². The number of non-ortho nitro benzene ring substituents is 1. The molecule has 6 nitrogen and oxygen atoms in total. The molecule has 0 saturated carbocycles. The number of nitro groups is 1. The number of nitro benzene ring substituents is 1. The fourth-order valence-electron chi connectivity index (χ4n) is 1.99. The van der Waals surface area contributed by atoms with Gasteiger partial charge in [-0.05, 0) is 18.2 Å². The second-order valence-corrected chi connectivity index (χ2v) is 4.64. The van der Waals surface area contributed by atoms with Crippen LogP contribution in [-0.4, -0.2) is 19.7 Å². The molecule has 7 heteroatoms. The highest BCUT2D eigenvalue weighted by Crippen LogP contribution is 2.21. The number of benzene rings is 1. The number of nitrogens with zero attached hydrogens (tertiary/aromatic N) is 4. The van der Waals surface area contributed by atoms with Gasteiger partial charge in [-0.2, -0.15) is 5.10 Å². The van der Waals surface area contributed by atoms with Crippen molar-refractivity contribution < 1.29 is 4.92 Å². The molecule has 0 spiro atoms. The van der Waals surface area contributed by atoms with E-state index in [1.807, 2.05) is 6.07 Å². The Morgan fingerprint density at radius 1 is 1.30 bits per heavy atom. The van der Waals surface area contributed by atoms with Crippen LogP contribution >= 0.6 is 11.6 Å². The maximum atomic E-state index is 10.8. The molecule has 0 saturated heterocycles. The van der Waals surface area contributed by atoms with Gasteiger partial charge in [0.25, 0.3) is 5.69 Å². The molecule has 0 radical (unpaired) electrons. The van der Waals surface area contributed by atoms with Gasteiger partial charge < -0.3 is 0 Å². The number of pyridine rings is 1. The van der Waals surface area contributed by atoms with Crippen LogP contribution in [0.3, 0.4) is 0 Å². The number of hydrogen-bond acceptors (Lipinski definition) is 4. The predicted molar refractivity (Wildman–Crippen MR) is 74.7 cm³/mol. The lowest BCUT2D eigenvalue weighted by molar-refractivity contribution is -0.384. The zero-order valence-electron chi connectivity index (χ0n) is 10.2. The zero-order chi connectivity index (χ0) is 14.1. The van der Waals surface area contributed by atoms with E-state index in [0.717, 1.165) is 11.1 Å². The summed E-state index contributed by atoms with van der Waals surface area (Å²) < 4.78 is 1.67. The van der Waals surface area contributed by atoms with Gasteiger partial charge in [0.15, 0.2) is 0 Å². The molecule has 2 aromatic heterocycles. The Kier molecular flexibility index (Phi) is 3.08. The Morgan fingerprint density at radius 3 is 2.90 bits per heavy atom. The first-order chi connectivity index (χ1) is 9.63. The molecule has 0 unspecified atom stereocenters. The lowest BCUT2D eigenvalue weighted by Gasteiger charge is -2.03. The van der Waals surface area contributed by atoms with Crippen molar-refractivity contribution in [3.63, 3.8) is 0 Å². The van der Waals surface area contributed by atoms with Crippen molar-refractivity contribution >= 4 is 28.2 Å². The van der Waals surface area contributed by atoms with E-state index in [0.29, 0.717) is 17.2 Å². The maximum absolute atomic E-state index is 10.8. The first kappa shape index (κ1) is 12.6. The smallest absolute Gasteiger partial charge is 0.259 e. The normalized spacial score (nSPS) is 10.8. The molecule has 2 heterocycles. The predicted octanol–water partition coefficient (Wildman–Crippen LogP) is 3.04. The molecule has 100 valence electrons. The Labute approximate surface area is 118 Å². The van der Waals surface area contributed by atoms with Crippen LogP contribution in [0.1, 0.15) is 5.69 Å². The molecule has 3 rings (SSSR count). The minimum atomic E-state index is -0.422. The van der Waals surface area contributed by atoms with Crippen LogP contribution in [0, 0.1) is 10.1 Å². The van der Waals surface area contributed by atoms with Crippen molar-refractivity contribution in [1.29, 1.82) is 0 Å². The Bertz CT molecular complexity index is 800. The van der Waals surface area contributed by atoms with E-state index in [1.165, 1.54) is 12.1 Å². The maximum Gasteiger partial charge on any atom is 0.271 e. The summed E-state index contributed by atoms with van der Waals surface area (Å²) in [5.74, 6) is 0. The van der Waals surface area contributed by atoms with Gasteiger partial charge in [-0.25, -0.2) is 4.98 Å². The zero-order valence-corrected chi connectivity index (χ0v) is 11.0. The average Bonchev–Trinajstić information content (AvgIpc) is 2.81. The van der Waals surface area contributed by atoms with Gasteiger partial charge in [0, 0.05) is 17.5 Å². The largest absolute Gasteiger partial charge is 0.271 e. The summed E-state index contributed by atoms with van der Waals surface area (Å²) in [6.45, 7) is 0.408. The summed E-state index contributed by atoms with van der Waals surface area (Å²) in [6, 6.07) is 9.98. The molecular weight excluding hydrogens is 280 g/mol. The number of fused-ring (bicyclic) bond motifs is 1. The summed E-state index contributed by atoms with van der Waals surface area (Å²) in [6.07, 6.45) is 1.67. The van der Waals surface area contributed by atoms with Crippen molar-refractivity contribution in [2.75, 3.05) is 0 Å². The molecule has 0 aliphatic carbocycles. The molecule has 0 fully saturated rings. The minimum absolute atomic E-state index is 0.0401. The lowest BCUT2D eigenvalue weighted by Crippen LogP contribution is -2.03. The average molecular weight is 289 g/mol. The SMILES string of the molecule is O=[N+]([O-])c1ccc2cnn(Cc3cccc(Cl)n3)c2c1. The van der Waals surface area contributed by atoms with Gasteiger partial charge >= 0.3 is 0 Å². The summed E-state index contributed by atoms with van der Waals surface area (Å²) in [4.78, 5) is 14.6. The van der Waals surface area contributed by atoms with E-state index >= 15 is 0 Å². The van der Waals surface area contributed by atoms with E-state index in [1.54, 1.807) is 29.1 Å². The van der Waals surface area contributed by atoms with Crippen molar-refractivity contribution in [2.45, 2.75) is 6.54 Å². The molecule has 0 aliphatic heterocycles. The molecule has 3 aromatic rings. The van der Waals surface area contributed by atoms with Crippen LogP contribution in [0.4, 0.5) is 5.69 Å². The third kappa shape index (κ3) is 2.33. The van der Waals surface area contributed by atoms with Crippen LogP contribution in [0.5, 0.6) is 0 Å². The molecule has 0 aliphatic rings. The Morgan fingerprint density at radius 2 is 2.15 bits per heavy atom. The molecular formula is C13H9ClN4O2. The standard InChI is InChI=1S/C13H9ClN4O2/c14-13-3-1-2-10(16-13)8-17-12-6-11(18(19)20)5-4-9(12)7-15-17/h1-7H,8H2. The first-order valence-electron chi connectivity index (χ1n) is 5.85. The summed E-state index contributed by atoms with van der Waals surface area (Å²) in [7, 11) is 0. The third-order valence-corrected chi connectivity index (χ3v) is 3.13. The molecule has 0 bridgehead atoms.